The van der Waals surface area contributed by atoms with Crippen molar-refractivity contribution in [1.29, 1.82) is 0 Å². The van der Waals surface area contributed by atoms with Gasteiger partial charge in [-0.3, -0.25) is 10.1 Å². The Morgan fingerprint density at radius 2 is 2.11 bits per heavy atom. The summed E-state index contributed by atoms with van der Waals surface area (Å²) in [5.41, 5.74) is 0.526. The van der Waals surface area contributed by atoms with Gasteiger partial charge in [0.05, 0.1) is 4.92 Å². The lowest BCUT2D eigenvalue weighted by Gasteiger charge is -2.18. The highest BCUT2D eigenvalue weighted by Gasteiger charge is 2.22. The van der Waals surface area contributed by atoms with Crippen molar-refractivity contribution in [2.45, 2.75) is 45.1 Å². The van der Waals surface area contributed by atoms with Crippen molar-refractivity contribution in [1.82, 2.24) is 0 Å². The van der Waals surface area contributed by atoms with Gasteiger partial charge in [0, 0.05) is 6.04 Å². The van der Waals surface area contributed by atoms with E-state index < -0.39 is 4.92 Å². The molecule has 0 spiro atoms. The number of nitrogens with one attached hydrogen (secondary N) is 1. The van der Waals surface area contributed by atoms with Crippen molar-refractivity contribution >= 4 is 23.0 Å². The molecule has 5 heteroatoms. The van der Waals surface area contributed by atoms with Crippen LogP contribution >= 0.6 is 11.6 Å². The van der Waals surface area contributed by atoms with E-state index in [1.165, 1.54) is 19.3 Å². The molecule has 2 unspecified atom stereocenters. The number of hydrogen-bond donors (Lipinski definition) is 1. The summed E-state index contributed by atoms with van der Waals surface area (Å²) in [5.74, 6) is 0.751. The van der Waals surface area contributed by atoms with Gasteiger partial charge < -0.3 is 5.32 Å². The Morgan fingerprint density at radius 1 is 1.32 bits per heavy atom. The fourth-order valence-corrected chi connectivity index (χ4v) is 2.91. The lowest BCUT2D eigenvalue weighted by Crippen LogP contribution is -2.19. The van der Waals surface area contributed by atoms with E-state index in [1.807, 2.05) is 0 Å². The Bertz CT molecular complexity index is 465. The molecule has 0 amide bonds. The number of rotatable bonds is 3. The van der Waals surface area contributed by atoms with Gasteiger partial charge in [-0.1, -0.05) is 37.4 Å². The third-order valence-electron chi connectivity index (χ3n) is 3.79. The first-order valence-corrected chi connectivity index (χ1v) is 7.15. The summed E-state index contributed by atoms with van der Waals surface area (Å²) in [5, 5.41) is 14.6. The third kappa shape index (κ3) is 3.60. The Hall–Kier alpha value is -1.29. The molecule has 1 saturated carbocycles. The SMILES string of the molecule is CC1CCCC(Nc2cccc(Cl)c2[N+](=O)[O-])CC1. The van der Waals surface area contributed by atoms with E-state index in [-0.39, 0.29) is 10.7 Å². The molecule has 1 N–H and O–H groups in total. The minimum atomic E-state index is -0.413. The Balaban J connectivity index is 2.14. The van der Waals surface area contributed by atoms with Gasteiger partial charge in [-0.2, -0.15) is 0 Å². The van der Waals surface area contributed by atoms with Crippen molar-refractivity contribution < 1.29 is 4.92 Å². The molecule has 1 aliphatic rings. The maximum absolute atomic E-state index is 11.1. The fraction of sp³-hybridized carbons (Fsp3) is 0.571. The first kappa shape index (κ1) is 14.1. The molecule has 4 nitrogen and oxygen atoms in total. The number of anilines is 1. The molecule has 1 aromatic rings. The quantitative estimate of drug-likeness (QED) is 0.499. The second kappa shape index (κ2) is 6.24. The van der Waals surface area contributed by atoms with Gasteiger partial charge in [0.25, 0.3) is 0 Å². The topological polar surface area (TPSA) is 55.2 Å². The van der Waals surface area contributed by atoms with Gasteiger partial charge in [-0.15, -0.1) is 0 Å². The Labute approximate surface area is 118 Å². The van der Waals surface area contributed by atoms with Gasteiger partial charge in [0.2, 0.25) is 0 Å². The minimum absolute atomic E-state index is 0.0125. The van der Waals surface area contributed by atoms with E-state index in [0.29, 0.717) is 11.7 Å². The standard InChI is InChI=1S/C14H19ClN2O2/c1-10-4-2-5-11(9-8-10)16-13-7-3-6-12(15)14(13)17(18)19/h3,6-7,10-11,16H,2,4-5,8-9H2,1H3. The fourth-order valence-electron chi connectivity index (χ4n) is 2.67. The molecule has 0 aliphatic heterocycles. The molecule has 0 heterocycles. The van der Waals surface area contributed by atoms with E-state index in [9.17, 15) is 10.1 Å². The van der Waals surface area contributed by atoms with Crippen molar-refractivity contribution in [2.75, 3.05) is 5.32 Å². The van der Waals surface area contributed by atoms with Crippen LogP contribution in [0.3, 0.4) is 0 Å². The number of para-hydroxylation sites is 1. The molecule has 0 aromatic heterocycles. The summed E-state index contributed by atoms with van der Waals surface area (Å²) >= 11 is 5.92. The Morgan fingerprint density at radius 3 is 2.84 bits per heavy atom. The first-order valence-electron chi connectivity index (χ1n) is 6.77. The third-order valence-corrected chi connectivity index (χ3v) is 4.09. The number of nitro benzene ring substituents is 1. The second-order valence-electron chi connectivity index (χ2n) is 5.35. The van der Waals surface area contributed by atoms with Crippen molar-refractivity contribution in [2.24, 2.45) is 5.92 Å². The van der Waals surface area contributed by atoms with Crippen LogP contribution in [-0.4, -0.2) is 11.0 Å². The predicted molar refractivity (Wildman–Crippen MR) is 77.8 cm³/mol. The molecule has 2 rings (SSSR count). The summed E-state index contributed by atoms with van der Waals surface area (Å²) in [6.45, 7) is 2.27. The zero-order chi connectivity index (χ0) is 13.8. The molecule has 0 bridgehead atoms. The number of benzene rings is 1. The second-order valence-corrected chi connectivity index (χ2v) is 5.75. The summed E-state index contributed by atoms with van der Waals surface area (Å²) < 4.78 is 0. The van der Waals surface area contributed by atoms with E-state index in [4.69, 9.17) is 11.6 Å². The van der Waals surface area contributed by atoms with Crippen LogP contribution in [0.5, 0.6) is 0 Å². The Kier molecular flexibility index (Phi) is 4.64. The van der Waals surface area contributed by atoms with Gasteiger partial charge in [0.15, 0.2) is 0 Å². The van der Waals surface area contributed by atoms with Crippen LogP contribution in [0.1, 0.15) is 39.0 Å². The number of halogens is 1. The van der Waals surface area contributed by atoms with Crippen LogP contribution in [0.2, 0.25) is 5.02 Å². The zero-order valence-electron chi connectivity index (χ0n) is 11.1. The average molecular weight is 283 g/mol. The van der Waals surface area contributed by atoms with Crippen molar-refractivity contribution in [3.05, 3.63) is 33.3 Å². The molecule has 19 heavy (non-hydrogen) atoms. The van der Waals surface area contributed by atoms with E-state index in [1.54, 1.807) is 18.2 Å². The molecular formula is C14H19ClN2O2. The van der Waals surface area contributed by atoms with E-state index >= 15 is 0 Å². The largest absolute Gasteiger partial charge is 0.377 e. The van der Waals surface area contributed by atoms with Crippen LogP contribution in [-0.2, 0) is 0 Å². The number of hydrogen-bond acceptors (Lipinski definition) is 3. The van der Waals surface area contributed by atoms with Gasteiger partial charge in [0.1, 0.15) is 10.7 Å². The normalized spacial score (nSPS) is 23.7. The maximum Gasteiger partial charge on any atom is 0.310 e. The summed E-state index contributed by atoms with van der Waals surface area (Å²) in [7, 11) is 0. The lowest BCUT2D eigenvalue weighted by atomic mass is 10.0. The van der Waals surface area contributed by atoms with E-state index in [2.05, 4.69) is 12.2 Å². The van der Waals surface area contributed by atoms with Gasteiger partial charge in [-0.25, -0.2) is 0 Å². The predicted octanol–water partition coefficient (Wildman–Crippen LogP) is 4.63. The van der Waals surface area contributed by atoms with Crippen LogP contribution < -0.4 is 5.32 Å². The molecule has 1 aromatic carbocycles. The molecule has 1 aliphatic carbocycles. The number of nitrogens with zero attached hydrogens (tertiary/aromatic N) is 1. The van der Waals surface area contributed by atoms with E-state index in [0.717, 1.165) is 18.8 Å². The minimum Gasteiger partial charge on any atom is -0.377 e. The summed E-state index contributed by atoms with van der Waals surface area (Å²) in [6.07, 6.45) is 5.72. The zero-order valence-corrected chi connectivity index (χ0v) is 11.8. The van der Waals surface area contributed by atoms with Crippen LogP contribution in [0.15, 0.2) is 18.2 Å². The average Bonchev–Trinajstić information content (AvgIpc) is 2.54. The molecule has 0 radical (unpaired) electrons. The molecule has 104 valence electrons. The monoisotopic (exact) mass is 282 g/mol. The van der Waals surface area contributed by atoms with Crippen LogP contribution in [0.4, 0.5) is 11.4 Å². The van der Waals surface area contributed by atoms with Crippen molar-refractivity contribution in [3.63, 3.8) is 0 Å². The van der Waals surface area contributed by atoms with Crippen molar-refractivity contribution in [3.8, 4) is 0 Å². The smallest absolute Gasteiger partial charge is 0.310 e. The molecular weight excluding hydrogens is 264 g/mol. The van der Waals surface area contributed by atoms with Gasteiger partial charge in [-0.05, 0) is 37.3 Å². The maximum atomic E-state index is 11.1. The molecule has 2 atom stereocenters. The highest BCUT2D eigenvalue weighted by molar-refractivity contribution is 6.33. The van der Waals surface area contributed by atoms with Crippen LogP contribution in [0, 0.1) is 16.0 Å². The highest BCUT2D eigenvalue weighted by Crippen LogP contribution is 2.34. The van der Waals surface area contributed by atoms with Gasteiger partial charge >= 0.3 is 5.69 Å². The van der Waals surface area contributed by atoms with Crippen LogP contribution in [0.25, 0.3) is 0 Å². The number of nitro groups is 1. The summed E-state index contributed by atoms with van der Waals surface area (Å²) in [4.78, 5) is 10.7. The lowest BCUT2D eigenvalue weighted by molar-refractivity contribution is -0.383. The first-order chi connectivity index (χ1) is 9.08. The highest BCUT2D eigenvalue weighted by atomic mass is 35.5. The summed E-state index contributed by atoms with van der Waals surface area (Å²) in [6, 6.07) is 5.34. The molecule has 1 fully saturated rings. The molecule has 0 saturated heterocycles.